The van der Waals surface area contributed by atoms with E-state index in [-0.39, 0.29) is 30.1 Å². The second kappa shape index (κ2) is 7.58. The molecule has 0 spiro atoms. The van der Waals surface area contributed by atoms with Crippen molar-refractivity contribution in [3.63, 3.8) is 0 Å². The molecule has 3 atom stereocenters. The lowest BCUT2D eigenvalue weighted by Gasteiger charge is -2.35. The number of hydroxylamine groups is 1. The number of hydrogen-bond acceptors (Lipinski definition) is 6. The standard InChI is InChI=1S/C16H27N5O3/c1-10(2)8-13-17-15(24-20-13)11-4-3-7-21(9-11)16(23)12-5-6-14(22)19-18-12/h10-11,13,15,17,20H,3-9H2,1-2H3,(H,19,22). The molecular weight excluding hydrogens is 310 g/mol. The molecule has 3 aliphatic heterocycles. The Bertz CT molecular complexity index is 522. The van der Waals surface area contributed by atoms with Gasteiger partial charge in [0, 0.05) is 31.8 Å². The third kappa shape index (κ3) is 4.12. The van der Waals surface area contributed by atoms with E-state index < -0.39 is 0 Å². The first-order valence-corrected chi connectivity index (χ1v) is 8.85. The smallest absolute Gasteiger partial charge is 0.270 e. The highest BCUT2D eigenvalue weighted by molar-refractivity contribution is 6.39. The molecular formula is C16H27N5O3. The second-order valence-electron chi connectivity index (χ2n) is 7.25. The number of likely N-dealkylation sites (tertiary alicyclic amines) is 1. The van der Waals surface area contributed by atoms with Gasteiger partial charge in [-0.1, -0.05) is 13.8 Å². The number of hydrazone groups is 1. The molecule has 0 aliphatic carbocycles. The number of rotatable bonds is 4. The lowest BCUT2D eigenvalue weighted by atomic mass is 9.95. The van der Waals surface area contributed by atoms with Gasteiger partial charge in [0.1, 0.15) is 11.9 Å². The van der Waals surface area contributed by atoms with Crippen LogP contribution in [-0.4, -0.2) is 47.9 Å². The summed E-state index contributed by atoms with van der Waals surface area (Å²) in [6.45, 7) is 5.75. The van der Waals surface area contributed by atoms with Gasteiger partial charge in [0.05, 0.1) is 6.17 Å². The fraction of sp³-hybridized carbons (Fsp3) is 0.812. The molecule has 0 saturated carbocycles. The zero-order valence-electron chi connectivity index (χ0n) is 14.4. The Hall–Kier alpha value is -1.51. The van der Waals surface area contributed by atoms with Crippen molar-refractivity contribution < 1.29 is 14.4 Å². The van der Waals surface area contributed by atoms with Gasteiger partial charge >= 0.3 is 0 Å². The molecule has 2 amide bonds. The lowest BCUT2D eigenvalue weighted by molar-refractivity contribution is -0.127. The summed E-state index contributed by atoms with van der Waals surface area (Å²) >= 11 is 0. The zero-order chi connectivity index (χ0) is 17.1. The van der Waals surface area contributed by atoms with Crippen LogP contribution < -0.4 is 16.2 Å². The number of carbonyl (C=O) groups is 2. The van der Waals surface area contributed by atoms with Crippen LogP contribution in [0.25, 0.3) is 0 Å². The number of carbonyl (C=O) groups excluding carboxylic acids is 2. The highest BCUT2D eigenvalue weighted by Crippen LogP contribution is 2.24. The van der Waals surface area contributed by atoms with Gasteiger partial charge in [-0.2, -0.15) is 10.6 Å². The molecule has 0 aromatic carbocycles. The number of amides is 2. The highest BCUT2D eigenvalue weighted by atomic mass is 16.7. The van der Waals surface area contributed by atoms with Crippen molar-refractivity contribution in [2.75, 3.05) is 13.1 Å². The van der Waals surface area contributed by atoms with E-state index in [1.807, 2.05) is 4.90 Å². The number of piperidine rings is 1. The third-order valence-corrected chi connectivity index (χ3v) is 4.73. The van der Waals surface area contributed by atoms with Crippen molar-refractivity contribution in [3.8, 4) is 0 Å². The minimum absolute atomic E-state index is 0.0654. The first kappa shape index (κ1) is 17.3. The maximum atomic E-state index is 12.6. The molecule has 3 rings (SSSR count). The Morgan fingerprint density at radius 2 is 2.25 bits per heavy atom. The third-order valence-electron chi connectivity index (χ3n) is 4.73. The van der Waals surface area contributed by atoms with Crippen LogP contribution >= 0.6 is 0 Å². The van der Waals surface area contributed by atoms with Crippen LogP contribution in [0.1, 0.15) is 46.0 Å². The average molecular weight is 337 g/mol. The predicted molar refractivity (Wildman–Crippen MR) is 88.5 cm³/mol. The Morgan fingerprint density at radius 3 is 2.96 bits per heavy atom. The average Bonchev–Trinajstić information content (AvgIpc) is 3.03. The van der Waals surface area contributed by atoms with Gasteiger partial charge < -0.3 is 4.90 Å². The molecule has 8 heteroatoms. The molecule has 3 unspecified atom stereocenters. The van der Waals surface area contributed by atoms with Gasteiger partial charge in [-0.25, -0.2) is 5.43 Å². The van der Waals surface area contributed by atoms with Crippen molar-refractivity contribution in [2.45, 2.75) is 58.3 Å². The number of hydrogen-bond donors (Lipinski definition) is 3. The van der Waals surface area contributed by atoms with E-state index in [4.69, 9.17) is 4.84 Å². The summed E-state index contributed by atoms with van der Waals surface area (Å²) in [6.07, 6.45) is 3.82. The molecule has 24 heavy (non-hydrogen) atoms. The van der Waals surface area contributed by atoms with Crippen molar-refractivity contribution in [3.05, 3.63) is 0 Å². The van der Waals surface area contributed by atoms with E-state index in [1.165, 1.54) is 0 Å². The van der Waals surface area contributed by atoms with Gasteiger partial charge in [0.2, 0.25) is 5.91 Å². The van der Waals surface area contributed by atoms with Crippen LogP contribution in [0.4, 0.5) is 0 Å². The van der Waals surface area contributed by atoms with Gasteiger partial charge in [0.25, 0.3) is 5.91 Å². The Balaban J connectivity index is 1.55. The fourth-order valence-electron chi connectivity index (χ4n) is 3.49. The molecule has 0 aromatic heterocycles. The summed E-state index contributed by atoms with van der Waals surface area (Å²) in [7, 11) is 0. The largest absolute Gasteiger partial charge is 0.337 e. The molecule has 2 fully saturated rings. The maximum absolute atomic E-state index is 12.6. The number of nitrogens with one attached hydrogen (secondary N) is 3. The lowest BCUT2D eigenvalue weighted by Crippen LogP contribution is -2.49. The molecule has 0 bridgehead atoms. The van der Waals surface area contributed by atoms with Crippen LogP contribution in [0.3, 0.4) is 0 Å². The summed E-state index contributed by atoms with van der Waals surface area (Å²) in [5.74, 6) is 0.644. The monoisotopic (exact) mass is 337 g/mol. The zero-order valence-corrected chi connectivity index (χ0v) is 14.4. The molecule has 3 aliphatic rings. The van der Waals surface area contributed by atoms with E-state index >= 15 is 0 Å². The van der Waals surface area contributed by atoms with Crippen LogP contribution in [0.5, 0.6) is 0 Å². The molecule has 2 saturated heterocycles. The van der Waals surface area contributed by atoms with Crippen LogP contribution in [-0.2, 0) is 14.4 Å². The van der Waals surface area contributed by atoms with E-state index in [0.717, 1.165) is 25.8 Å². The minimum atomic E-state index is -0.131. The Kier molecular flexibility index (Phi) is 5.47. The van der Waals surface area contributed by atoms with Gasteiger partial charge in [0.15, 0.2) is 0 Å². The SMILES string of the molecule is CC(C)CC1NOC(C2CCCN(C(=O)C3=NNC(=O)CC3)C2)N1. The van der Waals surface area contributed by atoms with Crippen LogP contribution in [0.2, 0.25) is 0 Å². The van der Waals surface area contributed by atoms with Gasteiger partial charge in [-0.3, -0.25) is 19.7 Å². The summed E-state index contributed by atoms with van der Waals surface area (Å²) in [6, 6.07) is 0. The molecule has 134 valence electrons. The van der Waals surface area contributed by atoms with Gasteiger partial charge in [-0.05, 0) is 25.2 Å². The van der Waals surface area contributed by atoms with Crippen LogP contribution in [0, 0.1) is 11.8 Å². The van der Waals surface area contributed by atoms with E-state index in [0.29, 0.717) is 31.0 Å². The Labute approximate surface area is 142 Å². The first-order chi connectivity index (χ1) is 11.5. The molecule has 3 N–H and O–H groups in total. The quantitative estimate of drug-likeness (QED) is 0.686. The summed E-state index contributed by atoms with van der Waals surface area (Å²) in [5, 5.41) is 7.40. The second-order valence-corrected chi connectivity index (χ2v) is 7.25. The minimum Gasteiger partial charge on any atom is -0.337 e. The Morgan fingerprint density at radius 1 is 1.42 bits per heavy atom. The van der Waals surface area contributed by atoms with Crippen molar-refractivity contribution >= 4 is 17.5 Å². The maximum Gasteiger partial charge on any atom is 0.270 e. The number of nitrogens with zero attached hydrogens (tertiary/aromatic N) is 2. The topological polar surface area (TPSA) is 95.1 Å². The van der Waals surface area contributed by atoms with E-state index in [9.17, 15) is 9.59 Å². The molecule has 8 nitrogen and oxygen atoms in total. The fourth-order valence-corrected chi connectivity index (χ4v) is 3.49. The summed E-state index contributed by atoms with van der Waals surface area (Å²) < 4.78 is 0. The van der Waals surface area contributed by atoms with Crippen molar-refractivity contribution in [2.24, 2.45) is 16.9 Å². The van der Waals surface area contributed by atoms with Crippen molar-refractivity contribution in [1.29, 1.82) is 0 Å². The van der Waals surface area contributed by atoms with Crippen LogP contribution in [0.15, 0.2) is 5.10 Å². The normalized spacial score (nSPS) is 31.1. The van der Waals surface area contributed by atoms with Crippen molar-refractivity contribution in [1.82, 2.24) is 21.1 Å². The molecule has 0 aromatic rings. The predicted octanol–water partition coefficient (Wildman–Crippen LogP) is 0.314. The van der Waals surface area contributed by atoms with Gasteiger partial charge in [-0.15, -0.1) is 0 Å². The molecule has 0 radical (unpaired) electrons. The molecule has 3 heterocycles. The van der Waals surface area contributed by atoms with E-state index in [1.54, 1.807) is 0 Å². The summed E-state index contributed by atoms with van der Waals surface area (Å²) in [5.41, 5.74) is 5.91. The highest BCUT2D eigenvalue weighted by Gasteiger charge is 2.36. The first-order valence-electron chi connectivity index (χ1n) is 8.85. The van der Waals surface area contributed by atoms with E-state index in [2.05, 4.69) is 35.2 Å². The summed E-state index contributed by atoms with van der Waals surface area (Å²) in [4.78, 5) is 31.3.